The average molecular weight is 363 g/mol. The molecule has 0 aliphatic carbocycles. The van der Waals surface area contributed by atoms with Gasteiger partial charge in [-0.25, -0.2) is 0 Å². The molecule has 0 spiro atoms. The molecule has 6 heteroatoms. The monoisotopic (exact) mass is 362 g/mol. The van der Waals surface area contributed by atoms with Crippen LogP contribution in [-0.4, -0.2) is 36.7 Å². The van der Waals surface area contributed by atoms with Crippen LogP contribution in [-0.2, 0) is 8.54 Å². The standard InChI is InChI=1S/C15H38O2Si4/c1-11-15(4)14-19(8,9)21(12-2,13-3)20(10,16-15)17-18(5,6)7/h11-14H2,1-10H3. The molecule has 21 heavy (non-hydrogen) atoms. The summed E-state index contributed by atoms with van der Waals surface area (Å²) >= 11 is 0. The quantitative estimate of drug-likeness (QED) is 0.604. The molecule has 1 rings (SSSR count). The maximum atomic E-state index is 6.97. The highest BCUT2D eigenvalue weighted by Gasteiger charge is 2.68. The first kappa shape index (κ1) is 19.8. The van der Waals surface area contributed by atoms with Crippen molar-refractivity contribution in [2.75, 3.05) is 0 Å². The molecule has 0 N–H and O–H groups in total. The van der Waals surface area contributed by atoms with E-state index in [0.29, 0.717) is 0 Å². The van der Waals surface area contributed by atoms with E-state index in [9.17, 15) is 0 Å². The zero-order valence-corrected chi connectivity index (χ0v) is 20.1. The van der Waals surface area contributed by atoms with E-state index in [2.05, 4.69) is 67.0 Å². The van der Waals surface area contributed by atoms with Crippen molar-refractivity contribution in [3.8, 4) is 0 Å². The Balaban J connectivity index is 3.43. The van der Waals surface area contributed by atoms with Gasteiger partial charge in [0, 0.05) is 7.59 Å². The molecule has 1 heterocycles. The van der Waals surface area contributed by atoms with Gasteiger partial charge in [-0.15, -0.1) is 0 Å². The highest BCUT2D eigenvalue weighted by Crippen LogP contribution is 2.49. The number of hydrogen-bond donors (Lipinski definition) is 0. The molecule has 2 nitrogen and oxygen atoms in total. The molecular weight excluding hydrogens is 325 g/mol. The third-order valence-corrected chi connectivity index (χ3v) is 48.3. The van der Waals surface area contributed by atoms with E-state index in [1.54, 1.807) is 0 Å². The van der Waals surface area contributed by atoms with Crippen molar-refractivity contribution in [2.45, 2.75) is 97.1 Å². The predicted octanol–water partition coefficient (Wildman–Crippen LogP) is 5.46. The second-order valence-corrected chi connectivity index (χ2v) is 37.8. The summed E-state index contributed by atoms with van der Waals surface area (Å²) < 4.78 is 13.9. The predicted molar refractivity (Wildman–Crippen MR) is 105 cm³/mol. The van der Waals surface area contributed by atoms with Gasteiger partial charge in [0.2, 0.25) is 0 Å². The molecule has 0 aromatic carbocycles. The van der Waals surface area contributed by atoms with E-state index in [4.69, 9.17) is 8.54 Å². The zero-order chi connectivity index (χ0) is 16.7. The fraction of sp³-hybridized carbons (Fsp3) is 1.00. The Bertz CT molecular complexity index is 376. The van der Waals surface area contributed by atoms with Crippen molar-refractivity contribution in [3.63, 3.8) is 0 Å². The van der Waals surface area contributed by atoms with E-state index >= 15 is 0 Å². The molecule has 1 aliphatic rings. The minimum atomic E-state index is -2.08. The van der Waals surface area contributed by atoms with Gasteiger partial charge in [-0.05, 0) is 45.6 Å². The topological polar surface area (TPSA) is 18.5 Å². The van der Waals surface area contributed by atoms with Gasteiger partial charge in [-0.2, -0.15) is 0 Å². The Kier molecular flexibility index (Phi) is 5.68. The normalized spacial score (nSPS) is 35.7. The lowest BCUT2D eigenvalue weighted by Gasteiger charge is -2.61. The van der Waals surface area contributed by atoms with E-state index in [1.165, 1.54) is 18.1 Å². The molecule has 1 aliphatic heterocycles. The van der Waals surface area contributed by atoms with Gasteiger partial charge < -0.3 is 8.54 Å². The highest BCUT2D eigenvalue weighted by molar-refractivity contribution is 7.67. The molecule has 0 aromatic rings. The SMILES string of the molecule is CCC1(C)C[Si](C)(C)[Si](CC)(CC)[Si](C)(O[Si](C)(C)C)O1. The van der Waals surface area contributed by atoms with Gasteiger partial charge in [0.1, 0.15) is 7.11 Å². The van der Waals surface area contributed by atoms with Crippen LogP contribution < -0.4 is 0 Å². The molecule has 2 unspecified atom stereocenters. The van der Waals surface area contributed by atoms with Crippen LogP contribution in [0.5, 0.6) is 0 Å². The molecule has 0 bridgehead atoms. The van der Waals surface area contributed by atoms with Crippen LogP contribution >= 0.6 is 0 Å². The second-order valence-electron chi connectivity index (χ2n) is 8.92. The molecule has 0 amide bonds. The smallest absolute Gasteiger partial charge is 0.301 e. The van der Waals surface area contributed by atoms with Gasteiger partial charge in [0.15, 0.2) is 8.32 Å². The molecule has 0 aromatic heterocycles. The Hall–Kier alpha value is 0.788. The van der Waals surface area contributed by atoms with Crippen molar-refractivity contribution in [1.82, 2.24) is 0 Å². The van der Waals surface area contributed by atoms with Gasteiger partial charge >= 0.3 is 8.08 Å². The lowest BCUT2D eigenvalue weighted by Crippen LogP contribution is -2.83. The van der Waals surface area contributed by atoms with Crippen molar-refractivity contribution >= 4 is 31.1 Å². The lowest BCUT2D eigenvalue weighted by molar-refractivity contribution is 0.0719. The molecular formula is C15H38O2Si4. The molecule has 0 saturated carbocycles. The lowest BCUT2D eigenvalue weighted by atomic mass is 10.1. The maximum Gasteiger partial charge on any atom is 0.301 e. The fourth-order valence-corrected chi connectivity index (χ4v) is 54.6. The Morgan fingerprint density at radius 2 is 1.52 bits per heavy atom. The van der Waals surface area contributed by atoms with Crippen molar-refractivity contribution in [2.24, 2.45) is 0 Å². The Labute approximate surface area is 137 Å². The summed E-state index contributed by atoms with van der Waals surface area (Å²) in [6, 6.07) is 4.05. The van der Waals surface area contributed by atoms with Gasteiger partial charge in [0.25, 0.3) is 0 Å². The number of rotatable bonds is 5. The van der Waals surface area contributed by atoms with Crippen LogP contribution in [0.1, 0.15) is 34.1 Å². The van der Waals surface area contributed by atoms with Crippen LogP contribution in [0.15, 0.2) is 0 Å². The van der Waals surface area contributed by atoms with Gasteiger partial charge in [0.05, 0.1) is 5.60 Å². The molecule has 0 radical (unpaired) electrons. The molecule has 126 valence electrons. The minimum absolute atomic E-state index is 0.0667. The van der Waals surface area contributed by atoms with E-state index in [-0.39, 0.29) is 5.60 Å². The Morgan fingerprint density at radius 1 is 1.05 bits per heavy atom. The van der Waals surface area contributed by atoms with Crippen molar-refractivity contribution in [3.05, 3.63) is 0 Å². The second kappa shape index (κ2) is 6.01. The average Bonchev–Trinajstić information content (AvgIpc) is 2.25. The summed E-state index contributed by atoms with van der Waals surface area (Å²) in [7, 11) is -6.41. The van der Waals surface area contributed by atoms with Crippen LogP contribution in [0.2, 0.25) is 57.4 Å². The largest absolute Gasteiger partial charge is 0.439 e. The fourth-order valence-electron chi connectivity index (χ4n) is 5.07. The summed E-state index contributed by atoms with van der Waals surface area (Å²) in [5.41, 5.74) is 0.0667. The highest BCUT2D eigenvalue weighted by atomic mass is 29.7. The molecule has 1 fully saturated rings. The first-order valence-electron chi connectivity index (χ1n) is 8.71. The third kappa shape index (κ3) is 3.50. The molecule has 2 atom stereocenters. The summed E-state index contributed by atoms with van der Waals surface area (Å²) in [6.07, 6.45) is 1.12. The van der Waals surface area contributed by atoms with E-state index in [0.717, 1.165) is 6.42 Å². The summed E-state index contributed by atoms with van der Waals surface area (Å²) in [6.45, 7) is 24.3. The van der Waals surface area contributed by atoms with Crippen LogP contribution in [0.4, 0.5) is 0 Å². The summed E-state index contributed by atoms with van der Waals surface area (Å²) in [5, 5.41) is 0. The van der Waals surface area contributed by atoms with Gasteiger partial charge in [-0.1, -0.05) is 46.0 Å². The van der Waals surface area contributed by atoms with Crippen molar-refractivity contribution < 1.29 is 8.54 Å². The minimum Gasteiger partial charge on any atom is -0.439 e. The summed E-state index contributed by atoms with van der Waals surface area (Å²) in [5.74, 6) is 0. The van der Waals surface area contributed by atoms with Crippen LogP contribution in [0.3, 0.4) is 0 Å². The van der Waals surface area contributed by atoms with Crippen LogP contribution in [0.25, 0.3) is 0 Å². The van der Waals surface area contributed by atoms with E-state index in [1.807, 2.05) is 0 Å². The van der Waals surface area contributed by atoms with E-state index < -0.39 is 31.1 Å². The zero-order valence-electron chi connectivity index (χ0n) is 16.1. The van der Waals surface area contributed by atoms with Crippen molar-refractivity contribution in [1.29, 1.82) is 0 Å². The first-order valence-corrected chi connectivity index (χ1v) is 22.1. The van der Waals surface area contributed by atoms with Gasteiger partial charge in [-0.3, -0.25) is 0 Å². The molecule has 1 saturated heterocycles. The first-order chi connectivity index (χ1) is 9.30. The number of hydrogen-bond acceptors (Lipinski definition) is 2. The summed E-state index contributed by atoms with van der Waals surface area (Å²) in [4.78, 5) is 0. The van der Waals surface area contributed by atoms with Crippen LogP contribution in [0, 0.1) is 0 Å². The third-order valence-electron chi connectivity index (χ3n) is 5.88. The maximum absolute atomic E-state index is 6.97. The Morgan fingerprint density at radius 3 is 1.86 bits per heavy atom.